The Balaban J connectivity index is 2.09. The maximum absolute atomic E-state index is 11.0. The quantitative estimate of drug-likeness (QED) is 0.852. The minimum atomic E-state index is -0.762. The van der Waals surface area contributed by atoms with Gasteiger partial charge in [0, 0.05) is 24.7 Å². The van der Waals surface area contributed by atoms with Gasteiger partial charge in [-0.15, -0.1) is 0 Å². The Kier molecular flexibility index (Phi) is 3.90. The lowest BCUT2D eigenvalue weighted by Gasteiger charge is -2.48. The summed E-state index contributed by atoms with van der Waals surface area (Å²) in [5, 5.41) is 12.9. The van der Waals surface area contributed by atoms with Crippen molar-refractivity contribution in [3.8, 4) is 0 Å². The van der Waals surface area contributed by atoms with Crippen molar-refractivity contribution >= 4 is 17.6 Å². The molecular formula is C13H17ClN2O2. The predicted molar refractivity (Wildman–Crippen MR) is 70.8 cm³/mol. The van der Waals surface area contributed by atoms with E-state index in [9.17, 15) is 4.79 Å². The Morgan fingerprint density at radius 3 is 2.67 bits per heavy atom. The summed E-state index contributed by atoms with van der Waals surface area (Å²) in [6.45, 7) is 2.08. The average molecular weight is 269 g/mol. The van der Waals surface area contributed by atoms with Gasteiger partial charge in [-0.3, -0.25) is 9.69 Å². The van der Waals surface area contributed by atoms with E-state index >= 15 is 0 Å². The Labute approximate surface area is 112 Å². The molecule has 98 valence electrons. The molecule has 2 N–H and O–H groups in total. The maximum Gasteiger partial charge on any atom is 0.305 e. The summed E-state index contributed by atoms with van der Waals surface area (Å²) in [6, 6.07) is 7.66. The highest BCUT2D eigenvalue weighted by Crippen LogP contribution is 2.27. The number of hydrogen-bond acceptors (Lipinski definition) is 3. The van der Waals surface area contributed by atoms with E-state index in [4.69, 9.17) is 16.7 Å². The van der Waals surface area contributed by atoms with Crippen molar-refractivity contribution < 1.29 is 9.90 Å². The molecule has 1 saturated heterocycles. The van der Waals surface area contributed by atoms with Crippen molar-refractivity contribution in [2.75, 3.05) is 20.1 Å². The summed E-state index contributed by atoms with van der Waals surface area (Å²) in [4.78, 5) is 13.0. The fourth-order valence-corrected chi connectivity index (χ4v) is 2.47. The van der Waals surface area contributed by atoms with E-state index in [-0.39, 0.29) is 12.0 Å². The zero-order valence-electron chi connectivity index (χ0n) is 10.3. The lowest BCUT2D eigenvalue weighted by molar-refractivity contribution is -0.141. The van der Waals surface area contributed by atoms with Crippen LogP contribution in [0.2, 0.25) is 5.02 Å². The number of nitrogens with one attached hydrogen (secondary N) is 1. The van der Waals surface area contributed by atoms with Crippen molar-refractivity contribution in [2.45, 2.75) is 18.5 Å². The van der Waals surface area contributed by atoms with Gasteiger partial charge in [-0.2, -0.15) is 0 Å². The second-order valence-corrected chi connectivity index (χ2v) is 5.25. The minimum Gasteiger partial charge on any atom is -0.481 e. The molecule has 0 atom stereocenters. The summed E-state index contributed by atoms with van der Waals surface area (Å²) < 4.78 is 0. The zero-order chi connectivity index (χ0) is 13.2. The molecule has 1 aliphatic heterocycles. The molecule has 0 bridgehead atoms. The zero-order valence-corrected chi connectivity index (χ0v) is 11.1. The number of halogens is 1. The molecule has 0 unspecified atom stereocenters. The summed E-state index contributed by atoms with van der Waals surface area (Å²) in [7, 11) is 1.95. The number of carboxylic acid groups (broad SMARTS) is 1. The predicted octanol–water partition coefficient (Wildman–Crippen LogP) is 1.59. The second-order valence-electron chi connectivity index (χ2n) is 4.85. The summed E-state index contributed by atoms with van der Waals surface area (Å²) in [5.74, 6) is -0.762. The van der Waals surface area contributed by atoms with Gasteiger partial charge < -0.3 is 10.4 Å². The van der Waals surface area contributed by atoms with Crippen molar-refractivity contribution in [1.82, 2.24) is 10.2 Å². The third-order valence-corrected chi connectivity index (χ3v) is 3.93. The second kappa shape index (κ2) is 5.26. The SMILES string of the molecule is CN(Cc1ccccc1Cl)C1(CC(=O)O)CNC1. The van der Waals surface area contributed by atoms with Crippen LogP contribution in [0.25, 0.3) is 0 Å². The highest BCUT2D eigenvalue weighted by molar-refractivity contribution is 6.31. The van der Waals surface area contributed by atoms with Crippen LogP contribution in [0.5, 0.6) is 0 Å². The average Bonchev–Trinajstić information content (AvgIpc) is 2.26. The van der Waals surface area contributed by atoms with Gasteiger partial charge in [0.1, 0.15) is 0 Å². The molecule has 1 aromatic carbocycles. The summed E-state index contributed by atoms with van der Waals surface area (Å²) >= 11 is 6.13. The number of carbonyl (C=O) groups is 1. The normalized spacial score (nSPS) is 17.5. The Bertz CT molecular complexity index is 446. The van der Waals surface area contributed by atoms with Crippen molar-refractivity contribution in [2.24, 2.45) is 0 Å². The number of rotatable bonds is 5. The first-order valence-electron chi connectivity index (χ1n) is 5.91. The minimum absolute atomic E-state index is 0.154. The molecule has 0 aliphatic carbocycles. The number of carboxylic acids is 1. The van der Waals surface area contributed by atoms with Crippen LogP contribution >= 0.6 is 11.6 Å². The van der Waals surface area contributed by atoms with Crippen LogP contribution in [0.4, 0.5) is 0 Å². The van der Waals surface area contributed by atoms with Gasteiger partial charge in [-0.25, -0.2) is 0 Å². The van der Waals surface area contributed by atoms with Crippen molar-refractivity contribution in [1.29, 1.82) is 0 Å². The van der Waals surface area contributed by atoms with Crippen LogP contribution in [0, 0.1) is 0 Å². The van der Waals surface area contributed by atoms with E-state index in [0.717, 1.165) is 10.6 Å². The van der Waals surface area contributed by atoms with Crippen molar-refractivity contribution in [3.63, 3.8) is 0 Å². The first-order valence-corrected chi connectivity index (χ1v) is 6.28. The van der Waals surface area contributed by atoms with Crippen molar-refractivity contribution in [3.05, 3.63) is 34.9 Å². The molecule has 1 aromatic rings. The fourth-order valence-electron chi connectivity index (χ4n) is 2.27. The highest BCUT2D eigenvalue weighted by atomic mass is 35.5. The van der Waals surface area contributed by atoms with Crippen LogP contribution < -0.4 is 5.32 Å². The standard InChI is InChI=1S/C13H17ClN2O2/c1-16(7-10-4-2-3-5-11(10)14)13(6-12(17)18)8-15-9-13/h2-5,15H,6-9H2,1H3,(H,17,18). The number of likely N-dealkylation sites (N-methyl/N-ethyl adjacent to an activating group) is 1. The number of benzene rings is 1. The molecule has 2 rings (SSSR count). The molecule has 18 heavy (non-hydrogen) atoms. The van der Waals surface area contributed by atoms with Gasteiger partial charge in [0.25, 0.3) is 0 Å². The number of hydrogen-bond donors (Lipinski definition) is 2. The molecule has 1 heterocycles. The van der Waals surface area contributed by atoms with Gasteiger partial charge in [0.2, 0.25) is 0 Å². The molecular weight excluding hydrogens is 252 g/mol. The van der Waals surface area contributed by atoms with E-state index < -0.39 is 5.97 Å². The van der Waals surface area contributed by atoms with Crippen LogP contribution in [-0.2, 0) is 11.3 Å². The first kappa shape index (κ1) is 13.3. The fraction of sp³-hybridized carbons (Fsp3) is 0.462. The third kappa shape index (κ3) is 2.66. The molecule has 0 radical (unpaired) electrons. The lowest BCUT2D eigenvalue weighted by atomic mass is 9.86. The van der Waals surface area contributed by atoms with E-state index in [0.29, 0.717) is 19.6 Å². The van der Waals surface area contributed by atoms with Gasteiger partial charge in [-0.05, 0) is 18.7 Å². The topological polar surface area (TPSA) is 52.6 Å². The molecule has 0 saturated carbocycles. The molecule has 4 nitrogen and oxygen atoms in total. The molecule has 5 heteroatoms. The molecule has 1 aliphatic rings. The van der Waals surface area contributed by atoms with Gasteiger partial charge in [0.15, 0.2) is 0 Å². The Morgan fingerprint density at radius 2 is 2.17 bits per heavy atom. The smallest absolute Gasteiger partial charge is 0.305 e. The maximum atomic E-state index is 11.0. The van der Waals surface area contributed by atoms with E-state index in [1.807, 2.05) is 31.3 Å². The van der Waals surface area contributed by atoms with Crippen LogP contribution in [0.3, 0.4) is 0 Å². The molecule has 0 amide bonds. The molecule has 0 aromatic heterocycles. The van der Waals surface area contributed by atoms with Gasteiger partial charge in [-0.1, -0.05) is 29.8 Å². The molecule has 1 fully saturated rings. The third-order valence-electron chi connectivity index (χ3n) is 3.56. The van der Waals surface area contributed by atoms with Gasteiger partial charge >= 0.3 is 5.97 Å². The monoisotopic (exact) mass is 268 g/mol. The largest absolute Gasteiger partial charge is 0.481 e. The Morgan fingerprint density at radius 1 is 1.50 bits per heavy atom. The van der Waals surface area contributed by atoms with Crippen LogP contribution in [0.1, 0.15) is 12.0 Å². The van der Waals surface area contributed by atoms with Crippen LogP contribution in [0.15, 0.2) is 24.3 Å². The van der Waals surface area contributed by atoms with E-state index in [2.05, 4.69) is 10.2 Å². The molecule has 0 spiro atoms. The van der Waals surface area contributed by atoms with E-state index in [1.165, 1.54) is 0 Å². The van der Waals surface area contributed by atoms with Crippen LogP contribution in [-0.4, -0.2) is 41.7 Å². The lowest BCUT2D eigenvalue weighted by Crippen LogP contribution is -2.68. The summed E-state index contributed by atoms with van der Waals surface area (Å²) in [5.41, 5.74) is 0.740. The Hall–Kier alpha value is -1.10. The summed E-state index contributed by atoms with van der Waals surface area (Å²) in [6.07, 6.45) is 0.154. The number of nitrogens with zero attached hydrogens (tertiary/aromatic N) is 1. The van der Waals surface area contributed by atoms with E-state index in [1.54, 1.807) is 0 Å². The number of aliphatic carboxylic acids is 1. The highest BCUT2D eigenvalue weighted by Gasteiger charge is 2.42. The van der Waals surface area contributed by atoms with Gasteiger partial charge in [0.05, 0.1) is 12.0 Å². The first-order chi connectivity index (χ1) is 8.53.